The van der Waals surface area contributed by atoms with Crippen molar-refractivity contribution in [2.75, 3.05) is 5.32 Å². The molecule has 3 aromatic rings. The van der Waals surface area contributed by atoms with E-state index in [0.29, 0.717) is 17.9 Å². The van der Waals surface area contributed by atoms with Crippen molar-refractivity contribution in [2.45, 2.75) is 20.0 Å². The number of benzene rings is 1. The molecule has 9 nitrogen and oxygen atoms in total. The smallest absolute Gasteiger partial charge is 0.358 e. The van der Waals surface area contributed by atoms with Gasteiger partial charge in [-0.25, -0.2) is 0 Å². The number of carbonyl (C=O) groups excluding carboxylic acids is 1. The fourth-order valence-electron chi connectivity index (χ4n) is 2.47. The Hall–Kier alpha value is -2.72. The Kier molecular flexibility index (Phi) is 5.57. The van der Waals surface area contributed by atoms with Gasteiger partial charge in [0.2, 0.25) is 5.91 Å². The van der Waals surface area contributed by atoms with E-state index in [1.54, 1.807) is 23.9 Å². The molecule has 0 spiro atoms. The maximum Gasteiger partial charge on any atom is 0.408 e. The summed E-state index contributed by atoms with van der Waals surface area (Å²) in [4.78, 5) is 22.5. The number of halogens is 2. The average molecular weight is 454 g/mol. The minimum absolute atomic E-state index is 0.0693. The summed E-state index contributed by atoms with van der Waals surface area (Å²) < 4.78 is 3.86. The van der Waals surface area contributed by atoms with Gasteiger partial charge in [0.15, 0.2) is 5.02 Å². The second-order valence-electron chi connectivity index (χ2n) is 5.74. The van der Waals surface area contributed by atoms with Crippen molar-refractivity contribution in [1.82, 2.24) is 19.6 Å². The third-order valence-electron chi connectivity index (χ3n) is 3.74. The first-order valence-electron chi connectivity index (χ1n) is 7.77. The summed E-state index contributed by atoms with van der Waals surface area (Å²) in [6, 6.07) is 7.33. The zero-order valence-electron chi connectivity index (χ0n) is 14.1. The SMILES string of the molecule is Cc1c(Cl)c([N+](=O)[O-])nn1CC(=O)Nc1cccc(Cn2cc(Br)cn2)c1. The van der Waals surface area contributed by atoms with E-state index in [1.165, 1.54) is 4.68 Å². The van der Waals surface area contributed by atoms with Crippen LogP contribution in [0.25, 0.3) is 0 Å². The van der Waals surface area contributed by atoms with Gasteiger partial charge >= 0.3 is 5.82 Å². The first-order chi connectivity index (χ1) is 12.8. The van der Waals surface area contributed by atoms with Gasteiger partial charge in [-0.3, -0.25) is 9.48 Å². The predicted octanol–water partition coefficient (Wildman–Crippen LogP) is 3.40. The summed E-state index contributed by atoms with van der Waals surface area (Å²) in [6.07, 6.45) is 3.55. The van der Waals surface area contributed by atoms with Gasteiger partial charge in [0.25, 0.3) is 0 Å². The van der Waals surface area contributed by atoms with Crippen LogP contribution in [0.15, 0.2) is 41.1 Å². The van der Waals surface area contributed by atoms with Crippen molar-refractivity contribution >= 4 is 44.9 Å². The van der Waals surface area contributed by atoms with E-state index in [4.69, 9.17) is 11.6 Å². The van der Waals surface area contributed by atoms with E-state index in [9.17, 15) is 14.9 Å². The minimum atomic E-state index is -0.680. The summed E-state index contributed by atoms with van der Waals surface area (Å²) in [5.41, 5.74) is 1.92. The lowest BCUT2D eigenvalue weighted by molar-refractivity contribution is -0.389. The van der Waals surface area contributed by atoms with Crippen LogP contribution in [0.3, 0.4) is 0 Å². The molecule has 0 bridgehead atoms. The van der Waals surface area contributed by atoms with E-state index in [0.717, 1.165) is 10.0 Å². The van der Waals surface area contributed by atoms with Crippen LogP contribution in [0.2, 0.25) is 5.02 Å². The molecule has 2 heterocycles. The molecule has 3 rings (SSSR count). The van der Waals surface area contributed by atoms with Crippen molar-refractivity contribution < 1.29 is 9.72 Å². The summed E-state index contributed by atoms with van der Waals surface area (Å²) in [5, 5.41) is 21.5. The maximum absolute atomic E-state index is 12.3. The Morgan fingerprint density at radius 3 is 2.85 bits per heavy atom. The van der Waals surface area contributed by atoms with Gasteiger partial charge in [0.05, 0.1) is 28.0 Å². The van der Waals surface area contributed by atoms with E-state index >= 15 is 0 Å². The Balaban J connectivity index is 1.68. The van der Waals surface area contributed by atoms with Gasteiger partial charge in [-0.15, -0.1) is 0 Å². The lowest BCUT2D eigenvalue weighted by Gasteiger charge is -2.07. The highest BCUT2D eigenvalue weighted by Gasteiger charge is 2.25. The van der Waals surface area contributed by atoms with Crippen LogP contribution < -0.4 is 5.32 Å². The van der Waals surface area contributed by atoms with Crippen LogP contribution in [0.1, 0.15) is 11.3 Å². The summed E-state index contributed by atoms with van der Waals surface area (Å²) in [5.74, 6) is -0.833. The molecule has 0 unspecified atom stereocenters. The Bertz CT molecular complexity index is 1020. The first-order valence-corrected chi connectivity index (χ1v) is 8.94. The molecular weight excluding hydrogens is 440 g/mol. The van der Waals surface area contributed by atoms with Gasteiger partial charge in [0.1, 0.15) is 6.54 Å². The van der Waals surface area contributed by atoms with Crippen LogP contribution in [-0.4, -0.2) is 30.4 Å². The monoisotopic (exact) mass is 452 g/mol. The highest BCUT2D eigenvalue weighted by atomic mass is 79.9. The standard InChI is InChI=1S/C16H14BrClN6O3/c1-10-15(18)16(24(26)27)21-23(10)9-14(25)20-13-4-2-3-11(5-13)7-22-8-12(17)6-19-22/h2-6,8H,7,9H2,1H3,(H,20,25). The van der Waals surface area contributed by atoms with Gasteiger partial charge in [-0.05, 0) is 45.5 Å². The van der Waals surface area contributed by atoms with E-state index in [2.05, 4.69) is 31.4 Å². The number of amides is 1. The van der Waals surface area contributed by atoms with Gasteiger partial charge < -0.3 is 15.4 Å². The predicted molar refractivity (Wildman–Crippen MR) is 103 cm³/mol. The summed E-state index contributed by atoms with van der Waals surface area (Å²) >= 11 is 9.23. The molecule has 0 radical (unpaired) electrons. The van der Waals surface area contributed by atoms with Crippen LogP contribution in [0.4, 0.5) is 11.5 Å². The second kappa shape index (κ2) is 7.89. The van der Waals surface area contributed by atoms with Crippen molar-refractivity contribution in [1.29, 1.82) is 0 Å². The van der Waals surface area contributed by atoms with Gasteiger partial charge in [-0.2, -0.15) is 9.78 Å². The van der Waals surface area contributed by atoms with E-state index < -0.39 is 10.7 Å². The molecule has 0 atom stereocenters. The normalized spacial score (nSPS) is 10.8. The van der Waals surface area contributed by atoms with Gasteiger partial charge in [0, 0.05) is 11.9 Å². The molecule has 140 valence electrons. The zero-order valence-corrected chi connectivity index (χ0v) is 16.4. The van der Waals surface area contributed by atoms with Crippen LogP contribution in [0.5, 0.6) is 0 Å². The molecule has 0 aliphatic rings. The largest absolute Gasteiger partial charge is 0.408 e. The molecule has 0 aliphatic heterocycles. The van der Waals surface area contributed by atoms with Gasteiger partial charge in [-0.1, -0.05) is 23.7 Å². The number of anilines is 1. The molecular formula is C16H14BrClN6O3. The third-order valence-corrected chi connectivity index (χ3v) is 4.59. The number of nitro groups is 1. The fraction of sp³-hybridized carbons (Fsp3) is 0.188. The van der Waals surface area contributed by atoms with Crippen molar-refractivity contribution in [2.24, 2.45) is 0 Å². The lowest BCUT2D eigenvalue weighted by Crippen LogP contribution is -2.20. The highest BCUT2D eigenvalue weighted by molar-refractivity contribution is 9.10. The number of rotatable bonds is 6. The molecule has 27 heavy (non-hydrogen) atoms. The quantitative estimate of drug-likeness (QED) is 0.454. The zero-order chi connectivity index (χ0) is 19.6. The van der Waals surface area contributed by atoms with Crippen LogP contribution >= 0.6 is 27.5 Å². The Labute approximate surface area is 167 Å². The number of carbonyl (C=O) groups is 1. The number of aromatic nitrogens is 4. The number of hydrogen-bond donors (Lipinski definition) is 1. The lowest BCUT2D eigenvalue weighted by atomic mass is 10.2. The average Bonchev–Trinajstić information content (AvgIpc) is 3.13. The van der Waals surface area contributed by atoms with Crippen LogP contribution in [0, 0.1) is 17.0 Å². The minimum Gasteiger partial charge on any atom is -0.358 e. The summed E-state index contributed by atoms with van der Waals surface area (Å²) in [7, 11) is 0. The van der Waals surface area contributed by atoms with Crippen LogP contribution in [-0.2, 0) is 17.9 Å². The second-order valence-corrected chi connectivity index (χ2v) is 7.04. The fourth-order valence-corrected chi connectivity index (χ4v) is 3.01. The molecule has 1 aromatic carbocycles. The highest BCUT2D eigenvalue weighted by Crippen LogP contribution is 2.26. The third kappa shape index (κ3) is 4.52. The molecule has 1 amide bonds. The number of nitrogens with zero attached hydrogens (tertiary/aromatic N) is 5. The van der Waals surface area contributed by atoms with E-state index in [-0.39, 0.29) is 17.5 Å². The Morgan fingerprint density at radius 2 is 2.22 bits per heavy atom. The molecule has 2 aromatic heterocycles. The van der Waals surface area contributed by atoms with Crippen molar-refractivity contribution in [3.8, 4) is 0 Å². The Morgan fingerprint density at radius 1 is 1.44 bits per heavy atom. The number of hydrogen-bond acceptors (Lipinski definition) is 5. The first kappa shape index (κ1) is 19.1. The molecule has 0 saturated carbocycles. The number of nitrogens with one attached hydrogen (secondary N) is 1. The molecule has 0 saturated heterocycles. The molecule has 0 aliphatic carbocycles. The molecule has 0 fully saturated rings. The molecule has 1 N–H and O–H groups in total. The van der Waals surface area contributed by atoms with E-state index in [1.807, 2.05) is 24.4 Å². The van der Waals surface area contributed by atoms with Crippen molar-refractivity contribution in [3.05, 3.63) is 67.5 Å². The summed E-state index contributed by atoms with van der Waals surface area (Å²) in [6.45, 7) is 1.93. The topological polar surface area (TPSA) is 108 Å². The molecule has 11 heteroatoms. The maximum atomic E-state index is 12.3. The van der Waals surface area contributed by atoms with Crippen molar-refractivity contribution in [3.63, 3.8) is 0 Å².